The molecule has 0 atom stereocenters. The molecule has 2 aliphatic carbocycles. The van der Waals surface area contributed by atoms with Crippen molar-refractivity contribution in [3.8, 4) is 0 Å². The molecule has 2 rings (SSSR count). The third-order valence-electron chi connectivity index (χ3n) is 7.36. The van der Waals surface area contributed by atoms with Crippen LogP contribution in [0.4, 0.5) is 0 Å². The van der Waals surface area contributed by atoms with E-state index in [0.29, 0.717) is 0 Å². The van der Waals surface area contributed by atoms with Gasteiger partial charge in [0.25, 0.3) is 0 Å². The normalized spacial score (nSPS) is 30.4. The van der Waals surface area contributed by atoms with Gasteiger partial charge in [0.1, 0.15) is 0 Å². The Kier molecular flexibility index (Phi) is 11.4. The van der Waals surface area contributed by atoms with Crippen LogP contribution in [0, 0.1) is 23.7 Å². The van der Waals surface area contributed by atoms with E-state index >= 15 is 0 Å². The highest BCUT2D eigenvalue weighted by atomic mass is 14.3. The van der Waals surface area contributed by atoms with Crippen LogP contribution in [-0.2, 0) is 0 Å². The van der Waals surface area contributed by atoms with E-state index in [0.717, 1.165) is 23.7 Å². The highest BCUT2D eigenvalue weighted by Gasteiger charge is 2.22. The van der Waals surface area contributed by atoms with Crippen molar-refractivity contribution in [3.63, 3.8) is 0 Å². The van der Waals surface area contributed by atoms with Gasteiger partial charge in [-0.2, -0.15) is 0 Å². The minimum absolute atomic E-state index is 1.03. The van der Waals surface area contributed by atoms with Gasteiger partial charge in [0.2, 0.25) is 0 Å². The first kappa shape index (κ1) is 21.8. The Hall–Kier alpha value is -0.520. The van der Waals surface area contributed by atoms with E-state index in [1.54, 1.807) is 0 Å². The molecule has 2 aliphatic rings. The van der Waals surface area contributed by atoms with Gasteiger partial charge in [0, 0.05) is 0 Å². The largest absolute Gasteiger partial charge is 0.0917 e. The summed E-state index contributed by atoms with van der Waals surface area (Å²) in [5, 5.41) is 0. The summed E-state index contributed by atoms with van der Waals surface area (Å²) in [6.07, 6.45) is 32.8. The van der Waals surface area contributed by atoms with E-state index in [1.165, 1.54) is 103 Å². The Morgan fingerprint density at radius 3 is 1.12 bits per heavy atom. The second-order valence-corrected chi connectivity index (χ2v) is 9.35. The van der Waals surface area contributed by atoms with Crippen LogP contribution < -0.4 is 0 Å². The lowest BCUT2D eigenvalue weighted by Gasteiger charge is -2.29. The van der Waals surface area contributed by atoms with Crippen LogP contribution in [0.3, 0.4) is 0 Å². The molecule has 0 aromatic rings. The summed E-state index contributed by atoms with van der Waals surface area (Å²) < 4.78 is 0. The molecule has 0 unspecified atom stereocenters. The number of hydrogen-bond donors (Lipinski definition) is 0. The molecule has 0 aromatic carbocycles. The van der Waals surface area contributed by atoms with Crippen LogP contribution in [0.5, 0.6) is 0 Å². The van der Waals surface area contributed by atoms with Gasteiger partial charge in [0.05, 0.1) is 0 Å². The highest BCUT2D eigenvalue weighted by molar-refractivity contribution is 4.81. The van der Waals surface area contributed by atoms with Gasteiger partial charge in [-0.3, -0.25) is 0 Å². The first-order chi connectivity index (χ1) is 12.8. The van der Waals surface area contributed by atoms with Crippen molar-refractivity contribution >= 4 is 0 Å². The molecule has 0 aliphatic heterocycles. The predicted octanol–water partition coefficient (Wildman–Crippen LogP) is 8.87. The summed E-state index contributed by atoms with van der Waals surface area (Å²) >= 11 is 0. The Bertz CT molecular complexity index is 337. The lowest BCUT2D eigenvalue weighted by atomic mass is 9.76. The smallest absolute Gasteiger partial charge is 0.0348 e. The fourth-order valence-corrected chi connectivity index (χ4v) is 5.48. The van der Waals surface area contributed by atoms with Gasteiger partial charge < -0.3 is 0 Å². The Morgan fingerprint density at radius 1 is 0.500 bits per heavy atom. The summed E-state index contributed by atoms with van der Waals surface area (Å²) in [6.45, 7) is 4.29. The molecule has 0 radical (unpaired) electrons. The van der Waals surface area contributed by atoms with Gasteiger partial charge in [-0.25, -0.2) is 0 Å². The molecule has 26 heavy (non-hydrogen) atoms. The quantitative estimate of drug-likeness (QED) is 0.255. The van der Waals surface area contributed by atoms with Crippen LogP contribution >= 0.6 is 0 Å². The monoisotopic (exact) mass is 358 g/mol. The maximum absolute atomic E-state index is 2.35. The van der Waals surface area contributed by atoms with Gasteiger partial charge in [0.15, 0.2) is 0 Å². The summed E-state index contributed by atoms with van der Waals surface area (Å²) in [7, 11) is 0. The Labute approximate surface area is 164 Å². The molecule has 0 nitrogen and oxygen atoms in total. The zero-order valence-corrected chi connectivity index (χ0v) is 17.9. The first-order valence-corrected chi connectivity index (χ1v) is 12.0. The molecule has 150 valence electrons. The molecule has 0 saturated heterocycles. The molecule has 0 amide bonds. The SMILES string of the molecule is CC=CCCC1CCC(CCCCC2CCC(CCC=CC)CC2)CC1. The Morgan fingerprint density at radius 2 is 0.808 bits per heavy atom. The van der Waals surface area contributed by atoms with Gasteiger partial charge >= 0.3 is 0 Å². The highest BCUT2D eigenvalue weighted by Crippen LogP contribution is 2.36. The van der Waals surface area contributed by atoms with Crippen LogP contribution in [0.15, 0.2) is 24.3 Å². The van der Waals surface area contributed by atoms with Crippen LogP contribution in [0.1, 0.15) is 117 Å². The number of unbranched alkanes of at least 4 members (excludes halogenated alkanes) is 1. The lowest BCUT2D eigenvalue weighted by molar-refractivity contribution is 0.234. The molecule has 0 heteroatoms. The number of hydrogen-bond acceptors (Lipinski definition) is 0. The topological polar surface area (TPSA) is 0 Å². The average molecular weight is 359 g/mol. The van der Waals surface area contributed by atoms with Crippen molar-refractivity contribution in [2.24, 2.45) is 23.7 Å². The van der Waals surface area contributed by atoms with Crippen molar-refractivity contribution in [3.05, 3.63) is 24.3 Å². The molecular formula is C26H46. The van der Waals surface area contributed by atoms with Crippen LogP contribution in [0.2, 0.25) is 0 Å². The Balaban J connectivity index is 1.45. The minimum atomic E-state index is 1.03. The van der Waals surface area contributed by atoms with E-state index in [4.69, 9.17) is 0 Å². The first-order valence-electron chi connectivity index (χ1n) is 12.0. The second kappa shape index (κ2) is 13.6. The van der Waals surface area contributed by atoms with Crippen molar-refractivity contribution in [2.75, 3.05) is 0 Å². The molecule has 2 saturated carbocycles. The summed E-state index contributed by atoms with van der Waals surface area (Å²) in [6, 6.07) is 0. The molecule has 0 N–H and O–H groups in total. The summed E-state index contributed by atoms with van der Waals surface area (Å²) in [4.78, 5) is 0. The van der Waals surface area contributed by atoms with Crippen LogP contribution in [0.25, 0.3) is 0 Å². The van der Waals surface area contributed by atoms with Crippen LogP contribution in [-0.4, -0.2) is 0 Å². The fraction of sp³-hybridized carbons (Fsp3) is 0.846. The second-order valence-electron chi connectivity index (χ2n) is 9.35. The zero-order valence-electron chi connectivity index (χ0n) is 17.9. The maximum Gasteiger partial charge on any atom is -0.0348 e. The number of allylic oxidation sites excluding steroid dienone is 4. The number of rotatable bonds is 11. The third-order valence-corrected chi connectivity index (χ3v) is 7.36. The molecule has 0 aromatic heterocycles. The van der Waals surface area contributed by atoms with Gasteiger partial charge in [-0.15, -0.1) is 0 Å². The molecule has 0 bridgehead atoms. The maximum atomic E-state index is 2.35. The minimum Gasteiger partial charge on any atom is -0.0917 e. The lowest BCUT2D eigenvalue weighted by Crippen LogP contribution is -2.15. The molecule has 0 heterocycles. The van der Waals surface area contributed by atoms with E-state index in [2.05, 4.69) is 38.2 Å². The fourth-order valence-electron chi connectivity index (χ4n) is 5.48. The van der Waals surface area contributed by atoms with E-state index in [9.17, 15) is 0 Å². The third kappa shape index (κ3) is 8.92. The van der Waals surface area contributed by atoms with Crippen molar-refractivity contribution in [1.29, 1.82) is 0 Å². The van der Waals surface area contributed by atoms with Crippen molar-refractivity contribution in [1.82, 2.24) is 0 Å². The van der Waals surface area contributed by atoms with E-state index < -0.39 is 0 Å². The van der Waals surface area contributed by atoms with Crippen molar-refractivity contribution < 1.29 is 0 Å². The standard InChI is InChI=1S/C26H46/c1-3-5-7-11-23-15-19-25(20-16-23)13-9-10-14-26-21-17-24(18-22-26)12-8-6-4-2/h3-6,23-26H,7-22H2,1-2H3. The van der Waals surface area contributed by atoms with Crippen molar-refractivity contribution in [2.45, 2.75) is 117 Å². The molecule has 2 fully saturated rings. The van der Waals surface area contributed by atoms with Gasteiger partial charge in [-0.05, 0) is 63.2 Å². The average Bonchev–Trinajstić information content (AvgIpc) is 2.68. The molecular weight excluding hydrogens is 312 g/mol. The predicted molar refractivity (Wildman–Crippen MR) is 117 cm³/mol. The van der Waals surface area contributed by atoms with E-state index in [-0.39, 0.29) is 0 Å². The van der Waals surface area contributed by atoms with E-state index in [1.807, 2.05) is 0 Å². The summed E-state index contributed by atoms with van der Waals surface area (Å²) in [5.74, 6) is 4.20. The van der Waals surface area contributed by atoms with Gasteiger partial charge in [-0.1, -0.05) is 101 Å². The molecule has 0 spiro atoms. The zero-order chi connectivity index (χ0) is 18.5. The summed E-state index contributed by atoms with van der Waals surface area (Å²) in [5.41, 5.74) is 0.